The van der Waals surface area contributed by atoms with Crippen molar-refractivity contribution in [2.24, 2.45) is 0 Å². The van der Waals surface area contributed by atoms with Crippen LogP contribution in [0.4, 0.5) is 0 Å². The van der Waals surface area contributed by atoms with Gasteiger partial charge in [0.2, 0.25) is 0 Å². The monoisotopic (exact) mass is 300 g/mol. The molecule has 1 aromatic carbocycles. The minimum atomic E-state index is 0.0869. The molecule has 0 bridgehead atoms. The Hall–Kier alpha value is -1.65. The molecule has 0 aliphatic heterocycles. The van der Waals surface area contributed by atoms with Crippen LogP contribution in [0.25, 0.3) is 11.0 Å². The van der Waals surface area contributed by atoms with Crippen molar-refractivity contribution < 1.29 is 4.42 Å². The van der Waals surface area contributed by atoms with E-state index in [9.17, 15) is 0 Å². The Morgan fingerprint density at radius 1 is 1.29 bits per heavy atom. The van der Waals surface area contributed by atoms with Crippen LogP contribution >= 0.6 is 11.3 Å². The quantitative estimate of drug-likeness (QED) is 0.748. The van der Waals surface area contributed by atoms with Gasteiger partial charge in [0.15, 0.2) is 0 Å². The number of thiazole rings is 1. The summed E-state index contributed by atoms with van der Waals surface area (Å²) in [7, 11) is 0. The van der Waals surface area contributed by atoms with Gasteiger partial charge in [0, 0.05) is 16.5 Å². The van der Waals surface area contributed by atoms with Gasteiger partial charge >= 0.3 is 0 Å². The van der Waals surface area contributed by atoms with Gasteiger partial charge in [-0.3, -0.25) is 0 Å². The second-order valence-electron chi connectivity index (χ2n) is 5.36. The molecule has 3 nitrogen and oxygen atoms in total. The molecule has 1 N–H and O–H groups in total. The lowest BCUT2D eigenvalue weighted by Gasteiger charge is -2.13. The lowest BCUT2D eigenvalue weighted by molar-refractivity contribution is 0.473. The van der Waals surface area contributed by atoms with Gasteiger partial charge in [0.25, 0.3) is 0 Å². The SMILES string of the molecule is CCCNC(c1cc2cc(C)ccc2o1)c1cnc(C)s1. The molecule has 1 atom stereocenters. The predicted octanol–water partition coefficient (Wildman–Crippen LogP) is 4.60. The number of furan rings is 1. The normalized spacial score (nSPS) is 12.9. The molecule has 2 heterocycles. The summed E-state index contributed by atoms with van der Waals surface area (Å²) < 4.78 is 6.06. The predicted molar refractivity (Wildman–Crippen MR) is 87.9 cm³/mol. The first-order chi connectivity index (χ1) is 10.2. The van der Waals surface area contributed by atoms with Crippen molar-refractivity contribution >= 4 is 22.3 Å². The Labute approximate surface area is 129 Å². The Morgan fingerprint density at radius 2 is 2.14 bits per heavy atom. The van der Waals surface area contributed by atoms with E-state index in [-0.39, 0.29) is 6.04 Å². The highest BCUT2D eigenvalue weighted by Crippen LogP contribution is 2.31. The summed E-state index contributed by atoms with van der Waals surface area (Å²) in [4.78, 5) is 5.58. The molecule has 110 valence electrons. The highest BCUT2D eigenvalue weighted by Gasteiger charge is 2.20. The molecule has 21 heavy (non-hydrogen) atoms. The zero-order valence-electron chi connectivity index (χ0n) is 12.6. The standard InChI is InChI=1S/C17H20N2OS/c1-4-7-18-17(16-10-19-12(3)21-16)15-9-13-8-11(2)5-6-14(13)20-15/h5-6,8-10,17-18H,4,7H2,1-3H3. The van der Waals surface area contributed by atoms with Gasteiger partial charge in [0.1, 0.15) is 17.4 Å². The summed E-state index contributed by atoms with van der Waals surface area (Å²) in [5.41, 5.74) is 2.20. The molecular formula is C17H20N2OS. The molecule has 0 radical (unpaired) electrons. The van der Waals surface area contributed by atoms with E-state index in [1.165, 1.54) is 10.4 Å². The number of nitrogens with zero attached hydrogens (tertiary/aromatic N) is 1. The summed E-state index contributed by atoms with van der Waals surface area (Å²) in [6.07, 6.45) is 3.04. The molecule has 0 amide bonds. The van der Waals surface area contributed by atoms with E-state index in [0.717, 1.165) is 34.7 Å². The number of aryl methyl sites for hydroxylation is 2. The zero-order chi connectivity index (χ0) is 14.8. The smallest absolute Gasteiger partial charge is 0.134 e. The van der Waals surface area contributed by atoms with Gasteiger partial charge in [0.05, 0.1) is 5.01 Å². The van der Waals surface area contributed by atoms with Crippen LogP contribution in [0.1, 0.15) is 40.6 Å². The summed E-state index contributed by atoms with van der Waals surface area (Å²) in [5.74, 6) is 0.965. The minimum Gasteiger partial charge on any atom is -0.459 e. The number of hydrogen-bond donors (Lipinski definition) is 1. The van der Waals surface area contributed by atoms with E-state index >= 15 is 0 Å². The number of rotatable bonds is 5. The van der Waals surface area contributed by atoms with E-state index in [4.69, 9.17) is 4.42 Å². The largest absolute Gasteiger partial charge is 0.459 e. The fraction of sp³-hybridized carbons (Fsp3) is 0.353. The maximum atomic E-state index is 6.06. The molecule has 3 rings (SSSR count). The summed E-state index contributed by atoms with van der Waals surface area (Å²) in [6, 6.07) is 8.52. The van der Waals surface area contributed by atoms with Gasteiger partial charge in [-0.2, -0.15) is 0 Å². The third kappa shape index (κ3) is 3.01. The van der Waals surface area contributed by atoms with Crippen LogP contribution in [0, 0.1) is 13.8 Å². The van der Waals surface area contributed by atoms with Crippen LogP contribution in [-0.2, 0) is 0 Å². The lowest BCUT2D eigenvalue weighted by Crippen LogP contribution is -2.21. The van der Waals surface area contributed by atoms with Crippen molar-refractivity contribution in [1.82, 2.24) is 10.3 Å². The molecule has 0 saturated heterocycles. The van der Waals surface area contributed by atoms with Crippen LogP contribution in [0.2, 0.25) is 0 Å². The minimum absolute atomic E-state index is 0.0869. The Balaban J connectivity index is 2.00. The van der Waals surface area contributed by atoms with Crippen molar-refractivity contribution in [2.45, 2.75) is 33.2 Å². The summed E-state index contributed by atoms with van der Waals surface area (Å²) >= 11 is 1.72. The molecule has 3 aromatic rings. The molecule has 0 aliphatic rings. The summed E-state index contributed by atoms with van der Waals surface area (Å²) in [6.45, 7) is 7.26. The maximum Gasteiger partial charge on any atom is 0.134 e. The number of hydrogen-bond acceptors (Lipinski definition) is 4. The van der Waals surface area contributed by atoms with Crippen LogP contribution in [0.5, 0.6) is 0 Å². The van der Waals surface area contributed by atoms with E-state index < -0.39 is 0 Å². The van der Waals surface area contributed by atoms with Gasteiger partial charge in [-0.15, -0.1) is 11.3 Å². The van der Waals surface area contributed by atoms with E-state index in [1.807, 2.05) is 19.2 Å². The fourth-order valence-electron chi connectivity index (χ4n) is 2.47. The third-order valence-electron chi connectivity index (χ3n) is 3.50. The molecule has 1 unspecified atom stereocenters. The Morgan fingerprint density at radius 3 is 2.86 bits per heavy atom. The van der Waals surface area contributed by atoms with Crippen LogP contribution in [-0.4, -0.2) is 11.5 Å². The Kier molecular flexibility index (Phi) is 4.08. The molecule has 4 heteroatoms. The van der Waals surface area contributed by atoms with E-state index in [1.54, 1.807) is 11.3 Å². The van der Waals surface area contributed by atoms with Gasteiger partial charge in [-0.05, 0) is 45.0 Å². The number of aromatic nitrogens is 1. The van der Waals surface area contributed by atoms with Crippen molar-refractivity contribution in [1.29, 1.82) is 0 Å². The number of fused-ring (bicyclic) bond motifs is 1. The van der Waals surface area contributed by atoms with E-state index in [2.05, 4.69) is 42.3 Å². The lowest BCUT2D eigenvalue weighted by atomic mass is 10.1. The molecule has 2 aromatic heterocycles. The average Bonchev–Trinajstić information content (AvgIpc) is 3.05. The van der Waals surface area contributed by atoms with Crippen LogP contribution in [0.15, 0.2) is 34.9 Å². The van der Waals surface area contributed by atoms with Crippen molar-refractivity contribution in [2.75, 3.05) is 6.54 Å². The topological polar surface area (TPSA) is 38.1 Å². The van der Waals surface area contributed by atoms with Crippen LogP contribution in [0.3, 0.4) is 0 Å². The fourth-order valence-corrected chi connectivity index (χ4v) is 3.34. The molecule has 0 spiro atoms. The van der Waals surface area contributed by atoms with Crippen molar-refractivity contribution in [3.05, 3.63) is 51.7 Å². The van der Waals surface area contributed by atoms with Crippen LogP contribution < -0.4 is 5.32 Å². The van der Waals surface area contributed by atoms with Gasteiger partial charge in [-0.25, -0.2) is 4.98 Å². The highest BCUT2D eigenvalue weighted by molar-refractivity contribution is 7.11. The maximum absolute atomic E-state index is 6.06. The summed E-state index contributed by atoms with van der Waals surface area (Å²) in [5, 5.41) is 5.81. The number of benzene rings is 1. The third-order valence-corrected chi connectivity index (χ3v) is 4.48. The van der Waals surface area contributed by atoms with Crippen molar-refractivity contribution in [3.63, 3.8) is 0 Å². The molecule has 0 fully saturated rings. The van der Waals surface area contributed by atoms with Gasteiger partial charge < -0.3 is 9.73 Å². The van der Waals surface area contributed by atoms with Gasteiger partial charge in [-0.1, -0.05) is 18.6 Å². The first-order valence-corrected chi connectivity index (χ1v) is 8.15. The molecule has 0 aliphatic carbocycles. The van der Waals surface area contributed by atoms with E-state index in [0.29, 0.717) is 0 Å². The number of nitrogens with one attached hydrogen (secondary N) is 1. The Bertz CT molecular complexity index is 744. The van der Waals surface area contributed by atoms with Crippen molar-refractivity contribution in [3.8, 4) is 0 Å². The highest BCUT2D eigenvalue weighted by atomic mass is 32.1. The zero-order valence-corrected chi connectivity index (χ0v) is 13.5. The molecular weight excluding hydrogens is 280 g/mol. The first kappa shape index (κ1) is 14.3. The molecule has 0 saturated carbocycles. The second-order valence-corrected chi connectivity index (χ2v) is 6.63. The average molecular weight is 300 g/mol. The first-order valence-electron chi connectivity index (χ1n) is 7.33. The second kappa shape index (κ2) is 6.00.